The standard InChI is InChI=1S/C12H14FNO/c1-8-4-5-9(13)7-10(8)12(14)11-3-2-6-15-11/h3-5,7,12H,2,6,14H2,1H3. The van der Waals surface area contributed by atoms with Crippen LogP contribution in [0, 0.1) is 12.7 Å². The highest BCUT2D eigenvalue weighted by Gasteiger charge is 2.18. The van der Waals surface area contributed by atoms with Crippen LogP contribution < -0.4 is 5.73 Å². The zero-order valence-electron chi connectivity index (χ0n) is 8.66. The van der Waals surface area contributed by atoms with Gasteiger partial charge in [0, 0.05) is 6.42 Å². The van der Waals surface area contributed by atoms with Gasteiger partial charge in [0.1, 0.15) is 11.6 Å². The van der Waals surface area contributed by atoms with Crippen molar-refractivity contribution in [3.05, 3.63) is 47.0 Å². The second-order valence-electron chi connectivity index (χ2n) is 3.72. The molecule has 80 valence electrons. The number of hydrogen-bond donors (Lipinski definition) is 1. The molecule has 1 atom stereocenters. The third kappa shape index (κ3) is 2.02. The van der Waals surface area contributed by atoms with Gasteiger partial charge in [-0.15, -0.1) is 0 Å². The van der Waals surface area contributed by atoms with E-state index in [9.17, 15) is 4.39 Å². The van der Waals surface area contributed by atoms with Crippen molar-refractivity contribution in [1.29, 1.82) is 0 Å². The normalized spacial score (nSPS) is 17.1. The van der Waals surface area contributed by atoms with E-state index in [1.54, 1.807) is 6.07 Å². The monoisotopic (exact) mass is 207 g/mol. The Labute approximate surface area is 88.5 Å². The first-order valence-corrected chi connectivity index (χ1v) is 5.03. The molecule has 1 aromatic rings. The average Bonchev–Trinajstić information content (AvgIpc) is 2.74. The minimum absolute atomic E-state index is 0.260. The topological polar surface area (TPSA) is 35.2 Å². The number of benzene rings is 1. The third-order valence-corrected chi connectivity index (χ3v) is 2.61. The van der Waals surface area contributed by atoms with Crippen LogP contribution in [-0.2, 0) is 4.74 Å². The lowest BCUT2D eigenvalue weighted by Crippen LogP contribution is -2.15. The van der Waals surface area contributed by atoms with Crippen LogP contribution in [0.4, 0.5) is 4.39 Å². The molecule has 3 heteroatoms. The largest absolute Gasteiger partial charge is 0.496 e. The van der Waals surface area contributed by atoms with Gasteiger partial charge in [0.15, 0.2) is 0 Å². The second-order valence-corrected chi connectivity index (χ2v) is 3.72. The van der Waals surface area contributed by atoms with Crippen molar-refractivity contribution in [2.75, 3.05) is 6.61 Å². The fraction of sp³-hybridized carbons (Fsp3) is 0.333. The van der Waals surface area contributed by atoms with Gasteiger partial charge in [0.25, 0.3) is 0 Å². The van der Waals surface area contributed by atoms with Crippen LogP contribution in [0.5, 0.6) is 0 Å². The van der Waals surface area contributed by atoms with E-state index in [-0.39, 0.29) is 11.9 Å². The van der Waals surface area contributed by atoms with Crippen molar-refractivity contribution in [3.8, 4) is 0 Å². The van der Waals surface area contributed by atoms with E-state index in [1.165, 1.54) is 12.1 Å². The van der Waals surface area contributed by atoms with E-state index >= 15 is 0 Å². The van der Waals surface area contributed by atoms with E-state index in [0.29, 0.717) is 6.61 Å². The SMILES string of the molecule is Cc1ccc(F)cc1C(N)C1=CCCO1. The average molecular weight is 207 g/mol. The summed E-state index contributed by atoms with van der Waals surface area (Å²) in [6.07, 6.45) is 2.85. The predicted octanol–water partition coefficient (Wildman–Crippen LogP) is 2.44. The van der Waals surface area contributed by atoms with E-state index in [4.69, 9.17) is 10.5 Å². The fourth-order valence-electron chi connectivity index (χ4n) is 1.75. The summed E-state index contributed by atoms with van der Waals surface area (Å²) in [6.45, 7) is 2.60. The summed E-state index contributed by atoms with van der Waals surface area (Å²) in [5.74, 6) is 0.494. The van der Waals surface area contributed by atoms with Crippen LogP contribution >= 0.6 is 0 Å². The molecule has 2 nitrogen and oxygen atoms in total. The minimum Gasteiger partial charge on any atom is -0.496 e. The lowest BCUT2D eigenvalue weighted by Gasteiger charge is -2.15. The maximum Gasteiger partial charge on any atom is 0.123 e. The molecule has 0 fully saturated rings. The van der Waals surface area contributed by atoms with Crippen LogP contribution in [0.3, 0.4) is 0 Å². The molecule has 0 spiro atoms. The molecular formula is C12H14FNO. The van der Waals surface area contributed by atoms with Gasteiger partial charge in [0.05, 0.1) is 12.6 Å². The van der Waals surface area contributed by atoms with Crippen molar-refractivity contribution < 1.29 is 9.13 Å². The summed E-state index contributed by atoms with van der Waals surface area (Å²) < 4.78 is 18.5. The van der Waals surface area contributed by atoms with Gasteiger partial charge in [0.2, 0.25) is 0 Å². The molecule has 2 N–H and O–H groups in total. The van der Waals surface area contributed by atoms with Gasteiger partial charge >= 0.3 is 0 Å². The highest BCUT2D eigenvalue weighted by Crippen LogP contribution is 2.26. The predicted molar refractivity (Wildman–Crippen MR) is 56.7 cm³/mol. The molecule has 2 rings (SSSR count). The lowest BCUT2D eigenvalue weighted by atomic mass is 10.0. The van der Waals surface area contributed by atoms with E-state index in [1.807, 2.05) is 13.0 Å². The van der Waals surface area contributed by atoms with Crippen LogP contribution in [0.1, 0.15) is 23.6 Å². The summed E-state index contributed by atoms with van der Waals surface area (Å²) >= 11 is 0. The second kappa shape index (κ2) is 4.03. The Kier molecular flexibility index (Phi) is 2.73. The molecule has 0 radical (unpaired) electrons. The molecule has 15 heavy (non-hydrogen) atoms. The fourth-order valence-corrected chi connectivity index (χ4v) is 1.75. The van der Waals surface area contributed by atoms with E-state index in [2.05, 4.69) is 0 Å². The summed E-state index contributed by atoms with van der Waals surface area (Å²) in [6, 6.07) is 4.31. The molecule has 0 amide bonds. The zero-order valence-corrected chi connectivity index (χ0v) is 8.66. The smallest absolute Gasteiger partial charge is 0.123 e. The molecule has 1 aliphatic rings. The van der Waals surface area contributed by atoms with E-state index in [0.717, 1.165) is 23.3 Å². The number of rotatable bonds is 2. The summed E-state index contributed by atoms with van der Waals surface area (Å²) in [7, 11) is 0. The number of ether oxygens (including phenoxy) is 1. The molecule has 1 unspecified atom stereocenters. The quantitative estimate of drug-likeness (QED) is 0.808. The molecular weight excluding hydrogens is 193 g/mol. The van der Waals surface area contributed by atoms with Crippen LogP contribution in [0.25, 0.3) is 0 Å². The van der Waals surface area contributed by atoms with Crippen LogP contribution in [0.15, 0.2) is 30.0 Å². The number of nitrogens with two attached hydrogens (primary N) is 1. The maximum absolute atomic E-state index is 13.1. The molecule has 1 aromatic carbocycles. The lowest BCUT2D eigenvalue weighted by molar-refractivity contribution is 0.225. The van der Waals surface area contributed by atoms with Gasteiger partial charge in [-0.3, -0.25) is 0 Å². The summed E-state index contributed by atoms with van der Waals surface area (Å²) in [5.41, 5.74) is 7.79. The van der Waals surface area contributed by atoms with Gasteiger partial charge in [-0.1, -0.05) is 6.07 Å². The molecule has 1 heterocycles. The van der Waals surface area contributed by atoms with Crippen LogP contribution in [0.2, 0.25) is 0 Å². The van der Waals surface area contributed by atoms with Gasteiger partial charge in [-0.05, 0) is 36.3 Å². The number of aryl methyl sites for hydroxylation is 1. The van der Waals surface area contributed by atoms with Gasteiger partial charge in [-0.25, -0.2) is 4.39 Å². The Morgan fingerprint density at radius 1 is 1.47 bits per heavy atom. The zero-order chi connectivity index (χ0) is 10.8. The molecule has 0 aliphatic carbocycles. The van der Waals surface area contributed by atoms with Crippen molar-refractivity contribution in [3.63, 3.8) is 0 Å². The molecule has 1 aliphatic heterocycles. The third-order valence-electron chi connectivity index (χ3n) is 2.61. The Morgan fingerprint density at radius 2 is 2.27 bits per heavy atom. The molecule has 0 bridgehead atoms. The Balaban J connectivity index is 2.31. The van der Waals surface area contributed by atoms with E-state index < -0.39 is 0 Å². The molecule has 0 saturated heterocycles. The first-order chi connectivity index (χ1) is 7.18. The van der Waals surface area contributed by atoms with Crippen molar-refractivity contribution in [1.82, 2.24) is 0 Å². The van der Waals surface area contributed by atoms with Crippen molar-refractivity contribution in [2.45, 2.75) is 19.4 Å². The highest BCUT2D eigenvalue weighted by molar-refractivity contribution is 5.33. The Morgan fingerprint density at radius 3 is 2.93 bits per heavy atom. The highest BCUT2D eigenvalue weighted by atomic mass is 19.1. The number of halogens is 1. The maximum atomic E-state index is 13.1. The summed E-state index contributed by atoms with van der Waals surface area (Å²) in [5, 5.41) is 0. The Hall–Kier alpha value is -1.35. The number of hydrogen-bond acceptors (Lipinski definition) is 2. The van der Waals surface area contributed by atoms with Crippen molar-refractivity contribution in [2.24, 2.45) is 5.73 Å². The summed E-state index contributed by atoms with van der Waals surface area (Å²) in [4.78, 5) is 0. The minimum atomic E-state index is -0.344. The van der Waals surface area contributed by atoms with Crippen molar-refractivity contribution >= 4 is 0 Å². The molecule has 0 aromatic heterocycles. The molecule has 0 saturated carbocycles. The van der Waals surface area contributed by atoms with Gasteiger partial charge < -0.3 is 10.5 Å². The van der Waals surface area contributed by atoms with Crippen LogP contribution in [-0.4, -0.2) is 6.61 Å². The Bertz CT molecular complexity index is 401. The van der Waals surface area contributed by atoms with Gasteiger partial charge in [-0.2, -0.15) is 0 Å². The first-order valence-electron chi connectivity index (χ1n) is 5.03. The first kappa shape index (κ1) is 10.2.